The molecule has 2 aromatic carbocycles. The largest absolute Gasteiger partial charge is 0.486 e. The number of rotatable bonds is 5. The van der Waals surface area contributed by atoms with Gasteiger partial charge in [0.25, 0.3) is 5.91 Å². The Bertz CT molecular complexity index is 1050. The number of carbonyl (C=O) groups excluding carboxylic acids is 1. The lowest BCUT2D eigenvalue weighted by molar-refractivity contribution is 0.0789. The monoisotopic (exact) mass is 444 g/mol. The summed E-state index contributed by atoms with van der Waals surface area (Å²) in [5, 5.41) is 2.86. The number of nitrogens with zero attached hydrogens (tertiary/aromatic N) is 1. The molecule has 8 heteroatoms. The number of ether oxygens (including phenoxy) is 2. The Morgan fingerprint density at radius 2 is 1.77 bits per heavy atom. The molecule has 2 aliphatic heterocycles. The van der Waals surface area contributed by atoms with Crippen LogP contribution in [-0.2, 0) is 10.0 Å². The predicted octanol–water partition coefficient (Wildman–Crippen LogP) is 3.13. The number of nitrogens with one attached hydrogen (secondary N) is 1. The molecule has 2 aromatic rings. The second-order valence-electron chi connectivity index (χ2n) is 8.00. The number of fused-ring (bicyclic) bond motifs is 1. The molecule has 1 atom stereocenters. The topological polar surface area (TPSA) is 84.9 Å². The Morgan fingerprint density at radius 1 is 1.06 bits per heavy atom. The normalized spacial score (nSPS) is 19.5. The fourth-order valence-electron chi connectivity index (χ4n) is 3.90. The summed E-state index contributed by atoms with van der Waals surface area (Å²) in [5.74, 6) is 1.01. The number of para-hydroxylation sites is 2. The molecule has 2 aliphatic rings. The molecule has 2 heterocycles. The Morgan fingerprint density at radius 3 is 2.52 bits per heavy atom. The van der Waals surface area contributed by atoms with Crippen LogP contribution in [0.5, 0.6) is 11.5 Å². The van der Waals surface area contributed by atoms with Gasteiger partial charge in [-0.3, -0.25) is 4.79 Å². The van der Waals surface area contributed by atoms with Gasteiger partial charge in [-0.05, 0) is 49.6 Å². The molecule has 0 saturated carbocycles. The number of benzene rings is 2. The maximum absolute atomic E-state index is 13.1. The summed E-state index contributed by atoms with van der Waals surface area (Å²) in [6.07, 6.45) is 3.51. The first-order valence-corrected chi connectivity index (χ1v) is 12.2. The molecular formula is C23H28N2O5S. The smallest absolute Gasteiger partial charge is 0.251 e. The van der Waals surface area contributed by atoms with E-state index in [4.69, 9.17) is 9.47 Å². The minimum atomic E-state index is -3.62. The Balaban J connectivity index is 1.45. The molecule has 0 spiro atoms. The van der Waals surface area contributed by atoms with Crippen LogP contribution in [0.2, 0.25) is 0 Å². The van der Waals surface area contributed by atoms with Crippen LogP contribution in [0.4, 0.5) is 0 Å². The van der Waals surface area contributed by atoms with E-state index in [1.54, 1.807) is 19.1 Å². The van der Waals surface area contributed by atoms with E-state index in [2.05, 4.69) is 5.32 Å². The quantitative estimate of drug-likeness (QED) is 0.766. The number of amides is 1. The first kappa shape index (κ1) is 21.6. The van der Waals surface area contributed by atoms with E-state index in [0.29, 0.717) is 36.8 Å². The van der Waals surface area contributed by atoms with Gasteiger partial charge < -0.3 is 14.8 Å². The van der Waals surface area contributed by atoms with Crippen molar-refractivity contribution in [1.29, 1.82) is 0 Å². The van der Waals surface area contributed by atoms with Crippen molar-refractivity contribution < 1.29 is 22.7 Å². The first-order chi connectivity index (χ1) is 14.9. The summed E-state index contributed by atoms with van der Waals surface area (Å²) in [6.45, 7) is 3.44. The molecule has 1 saturated heterocycles. The van der Waals surface area contributed by atoms with Crippen LogP contribution in [0.3, 0.4) is 0 Å². The number of hydrogen-bond acceptors (Lipinski definition) is 5. The highest BCUT2D eigenvalue weighted by Crippen LogP contribution is 2.30. The van der Waals surface area contributed by atoms with Gasteiger partial charge >= 0.3 is 0 Å². The third kappa shape index (κ3) is 4.85. The van der Waals surface area contributed by atoms with Crippen LogP contribution in [0, 0.1) is 6.92 Å². The second-order valence-corrected chi connectivity index (χ2v) is 9.94. The first-order valence-electron chi connectivity index (χ1n) is 10.7. The van der Waals surface area contributed by atoms with Crippen molar-refractivity contribution in [2.24, 2.45) is 0 Å². The third-order valence-electron chi connectivity index (χ3n) is 5.71. The number of hydrogen-bond donors (Lipinski definition) is 1. The minimum Gasteiger partial charge on any atom is -0.486 e. The molecule has 1 N–H and O–H groups in total. The van der Waals surface area contributed by atoms with Gasteiger partial charge in [-0.15, -0.1) is 0 Å². The Labute approximate surface area is 183 Å². The van der Waals surface area contributed by atoms with Gasteiger partial charge in [0.05, 0.1) is 11.4 Å². The Kier molecular flexibility index (Phi) is 6.48. The van der Waals surface area contributed by atoms with Crippen LogP contribution in [-0.4, -0.2) is 51.0 Å². The third-order valence-corrected chi connectivity index (χ3v) is 7.61. The molecule has 0 aliphatic carbocycles. The minimum absolute atomic E-state index is 0.163. The fraction of sp³-hybridized carbons (Fsp3) is 0.435. The van der Waals surface area contributed by atoms with Gasteiger partial charge in [-0.25, -0.2) is 8.42 Å². The lowest BCUT2D eigenvalue weighted by atomic mass is 10.1. The van der Waals surface area contributed by atoms with E-state index in [0.717, 1.165) is 31.2 Å². The van der Waals surface area contributed by atoms with E-state index in [1.807, 2.05) is 24.3 Å². The molecule has 0 bridgehead atoms. The summed E-state index contributed by atoms with van der Waals surface area (Å²) in [6, 6.07) is 12.2. The molecule has 1 fully saturated rings. The van der Waals surface area contributed by atoms with E-state index in [1.165, 1.54) is 10.4 Å². The van der Waals surface area contributed by atoms with E-state index in [-0.39, 0.29) is 23.5 Å². The van der Waals surface area contributed by atoms with Gasteiger partial charge in [0, 0.05) is 18.7 Å². The zero-order valence-electron chi connectivity index (χ0n) is 17.7. The maximum Gasteiger partial charge on any atom is 0.251 e. The van der Waals surface area contributed by atoms with Crippen molar-refractivity contribution in [2.45, 2.75) is 43.6 Å². The molecule has 0 unspecified atom stereocenters. The summed E-state index contributed by atoms with van der Waals surface area (Å²) >= 11 is 0. The summed E-state index contributed by atoms with van der Waals surface area (Å²) < 4.78 is 39.3. The van der Waals surface area contributed by atoms with E-state index >= 15 is 0 Å². The molecule has 4 rings (SSSR count). The SMILES string of the molecule is Cc1ccc(S(=O)(=O)N2CCCCCC2)cc1C(=O)NC[C@@H]1COc2ccccc2O1. The fourth-order valence-corrected chi connectivity index (χ4v) is 5.45. The van der Waals surface area contributed by atoms with Gasteiger partial charge in [0.2, 0.25) is 10.0 Å². The van der Waals surface area contributed by atoms with Crippen molar-refractivity contribution in [2.75, 3.05) is 26.2 Å². The van der Waals surface area contributed by atoms with Crippen molar-refractivity contribution in [1.82, 2.24) is 9.62 Å². The number of sulfonamides is 1. The molecule has 31 heavy (non-hydrogen) atoms. The molecule has 166 valence electrons. The van der Waals surface area contributed by atoms with Gasteiger partial charge in [-0.1, -0.05) is 31.0 Å². The van der Waals surface area contributed by atoms with Gasteiger partial charge in [0.1, 0.15) is 12.7 Å². The number of aryl methyl sites for hydroxylation is 1. The Hall–Kier alpha value is -2.58. The molecule has 0 radical (unpaired) electrons. The standard InChI is InChI=1S/C23H28N2O5S/c1-17-10-11-19(31(27,28)25-12-6-2-3-7-13-25)14-20(17)23(26)24-15-18-16-29-21-8-4-5-9-22(21)30-18/h4-5,8-11,14,18H,2-3,6-7,12-13,15-16H2,1H3,(H,24,26)/t18-/m1/s1. The van der Waals surface area contributed by atoms with Gasteiger partial charge in [0.15, 0.2) is 11.5 Å². The summed E-state index contributed by atoms with van der Waals surface area (Å²) in [4.78, 5) is 13.0. The summed E-state index contributed by atoms with van der Waals surface area (Å²) in [7, 11) is -3.62. The predicted molar refractivity (Wildman–Crippen MR) is 117 cm³/mol. The average Bonchev–Trinajstić information content (AvgIpc) is 3.08. The zero-order chi connectivity index (χ0) is 21.8. The van der Waals surface area contributed by atoms with Gasteiger partial charge in [-0.2, -0.15) is 4.31 Å². The highest BCUT2D eigenvalue weighted by molar-refractivity contribution is 7.89. The van der Waals surface area contributed by atoms with Crippen LogP contribution in [0.1, 0.15) is 41.6 Å². The highest BCUT2D eigenvalue weighted by Gasteiger charge is 2.27. The van der Waals surface area contributed by atoms with Crippen LogP contribution in [0.15, 0.2) is 47.4 Å². The highest BCUT2D eigenvalue weighted by atomic mass is 32.2. The number of carbonyl (C=O) groups is 1. The van der Waals surface area contributed by atoms with Crippen molar-refractivity contribution in [3.8, 4) is 11.5 Å². The van der Waals surface area contributed by atoms with Crippen molar-refractivity contribution in [3.05, 3.63) is 53.6 Å². The lowest BCUT2D eigenvalue weighted by Crippen LogP contribution is -2.41. The van der Waals surface area contributed by atoms with E-state index in [9.17, 15) is 13.2 Å². The summed E-state index contributed by atoms with van der Waals surface area (Å²) in [5.41, 5.74) is 1.08. The molecule has 0 aromatic heterocycles. The second kappa shape index (κ2) is 9.28. The van der Waals surface area contributed by atoms with Crippen LogP contribution >= 0.6 is 0 Å². The zero-order valence-corrected chi connectivity index (χ0v) is 18.5. The molecular weight excluding hydrogens is 416 g/mol. The van der Waals surface area contributed by atoms with E-state index < -0.39 is 10.0 Å². The van der Waals surface area contributed by atoms with Crippen LogP contribution in [0.25, 0.3) is 0 Å². The average molecular weight is 445 g/mol. The lowest BCUT2D eigenvalue weighted by Gasteiger charge is -2.26. The van der Waals surface area contributed by atoms with Crippen LogP contribution < -0.4 is 14.8 Å². The molecule has 7 nitrogen and oxygen atoms in total. The van der Waals surface area contributed by atoms with Crippen molar-refractivity contribution >= 4 is 15.9 Å². The molecule has 1 amide bonds. The maximum atomic E-state index is 13.1. The van der Waals surface area contributed by atoms with Crippen molar-refractivity contribution in [3.63, 3.8) is 0 Å².